The molecule has 0 aliphatic rings. The summed E-state index contributed by atoms with van der Waals surface area (Å²) in [5, 5.41) is 10.4. The second kappa shape index (κ2) is 7.48. The van der Waals surface area contributed by atoms with Crippen LogP contribution in [0, 0.1) is 6.92 Å². The average molecular weight is 370 g/mol. The Hall–Kier alpha value is -3.73. The van der Waals surface area contributed by atoms with Crippen LogP contribution in [0.5, 0.6) is 11.5 Å². The van der Waals surface area contributed by atoms with Crippen LogP contribution in [0.3, 0.4) is 0 Å². The number of hydrogen-bond donors (Lipinski definition) is 0. The topological polar surface area (TPSA) is 61.3 Å². The first-order valence-corrected chi connectivity index (χ1v) is 8.84. The maximum absolute atomic E-state index is 11.9. The molecular formula is C23H18N2O3. The summed E-state index contributed by atoms with van der Waals surface area (Å²) in [6.45, 7) is 2.05. The Balaban J connectivity index is 1.75. The number of esters is 1. The molecule has 5 nitrogen and oxygen atoms in total. The number of aromatic nitrogens is 2. The maximum atomic E-state index is 11.9. The van der Waals surface area contributed by atoms with E-state index in [2.05, 4.69) is 23.2 Å². The number of carbonyl (C=O) groups excluding carboxylic acids is 1. The first kappa shape index (κ1) is 17.7. The van der Waals surface area contributed by atoms with Crippen LogP contribution in [0.4, 0.5) is 0 Å². The number of para-hydroxylation sites is 1. The molecule has 0 bridgehead atoms. The Bertz CT molecular complexity index is 1170. The minimum absolute atomic E-state index is 0.374. The fourth-order valence-corrected chi connectivity index (χ4v) is 3.13. The van der Waals surface area contributed by atoms with E-state index in [4.69, 9.17) is 9.47 Å². The number of aryl methyl sites for hydroxylation is 1. The molecule has 0 aliphatic heterocycles. The Morgan fingerprint density at radius 2 is 1.75 bits per heavy atom. The molecule has 4 aromatic rings. The van der Waals surface area contributed by atoms with Gasteiger partial charge in [-0.3, -0.25) is 0 Å². The highest BCUT2D eigenvalue weighted by molar-refractivity contribution is 5.95. The van der Waals surface area contributed by atoms with Crippen LogP contribution in [0.15, 0.2) is 72.9 Å². The van der Waals surface area contributed by atoms with Crippen LogP contribution in [-0.2, 0) is 4.74 Å². The fraction of sp³-hybridized carbons (Fsp3) is 0.0870. The number of benzene rings is 3. The molecule has 0 spiro atoms. The van der Waals surface area contributed by atoms with Crippen molar-refractivity contribution in [3.8, 4) is 22.8 Å². The van der Waals surface area contributed by atoms with Crippen LogP contribution in [0.1, 0.15) is 15.9 Å². The maximum Gasteiger partial charge on any atom is 0.341 e. The molecule has 0 atom stereocenters. The summed E-state index contributed by atoms with van der Waals surface area (Å²) >= 11 is 0. The van der Waals surface area contributed by atoms with Gasteiger partial charge < -0.3 is 9.47 Å². The van der Waals surface area contributed by atoms with Gasteiger partial charge in [-0.2, -0.15) is 5.10 Å². The van der Waals surface area contributed by atoms with E-state index in [9.17, 15) is 4.79 Å². The first-order chi connectivity index (χ1) is 13.7. The summed E-state index contributed by atoms with van der Waals surface area (Å²) in [7, 11) is 1.35. The summed E-state index contributed by atoms with van der Waals surface area (Å²) in [4.78, 5) is 11.9. The Morgan fingerprint density at radius 1 is 0.964 bits per heavy atom. The lowest BCUT2D eigenvalue weighted by Gasteiger charge is -2.12. The van der Waals surface area contributed by atoms with E-state index in [0.717, 1.165) is 27.6 Å². The molecule has 0 unspecified atom stereocenters. The van der Waals surface area contributed by atoms with Gasteiger partial charge in [-0.15, -0.1) is 5.10 Å². The van der Waals surface area contributed by atoms with E-state index in [1.165, 1.54) is 7.11 Å². The highest BCUT2D eigenvalue weighted by Crippen LogP contribution is 2.32. The van der Waals surface area contributed by atoms with E-state index in [-0.39, 0.29) is 0 Å². The lowest BCUT2D eigenvalue weighted by atomic mass is 10.0. The number of carbonyl (C=O) groups is 1. The molecule has 0 N–H and O–H groups in total. The zero-order valence-corrected chi connectivity index (χ0v) is 15.5. The number of methoxy groups -OCH3 is 1. The highest BCUT2D eigenvalue weighted by atomic mass is 16.5. The quantitative estimate of drug-likeness (QED) is 0.463. The number of ether oxygens (including phenoxy) is 2. The third-order valence-electron chi connectivity index (χ3n) is 4.55. The van der Waals surface area contributed by atoms with Crippen molar-refractivity contribution < 1.29 is 14.3 Å². The van der Waals surface area contributed by atoms with Crippen LogP contribution in [-0.4, -0.2) is 23.3 Å². The zero-order valence-electron chi connectivity index (χ0n) is 15.5. The molecule has 0 saturated heterocycles. The molecule has 5 heteroatoms. The van der Waals surface area contributed by atoms with Gasteiger partial charge in [0.15, 0.2) is 0 Å². The Kier molecular flexibility index (Phi) is 4.72. The average Bonchev–Trinajstić information content (AvgIpc) is 2.73. The van der Waals surface area contributed by atoms with Gasteiger partial charge in [0.1, 0.15) is 22.8 Å². The predicted octanol–water partition coefficient (Wildman–Crippen LogP) is 5.18. The minimum Gasteiger partial charge on any atom is -0.465 e. The van der Waals surface area contributed by atoms with E-state index in [0.29, 0.717) is 17.1 Å². The summed E-state index contributed by atoms with van der Waals surface area (Å²) in [5.74, 6) is 0.603. The van der Waals surface area contributed by atoms with Gasteiger partial charge in [0.25, 0.3) is 0 Å². The minimum atomic E-state index is -0.441. The third-order valence-corrected chi connectivity index (χ3v) is 4.55. The van der Waals surface area contributed by atoms with E-state index in [1.807, 2.05) is 42.5 Å². The molecule has 0 aliphatic carbocycles. The van der Waals surface area contributed by atoms with E-state index >= 15 is 0 Å². The van der Waals surface area contributed by atoms with Gasteiger partial charge in [0.2, 0.25) is 0 Å². The van der Waals surface area contributed by atoms with Crippen LogP contribution >= 0.6 is 0 Å². The Morgan fingerprint density at radius 3 is 2.57 bits per heavy atom. The summed E-state index contributed by atoms with van der Waals surface area (Å²) in [6.07, 6.45) is 1.70. The summed E-state index contributed by atoms with van der Waals surface area (Å²) in [6, 6.07) is 20.8. The van der Waals surface area contributed by atoms with E-state index in [1.54, 1.807) is 24.4 Å². The van der Waals surface area contributed by atoms with Crippen LogP contribution < -0.4 is 4.74 Å². The van der Waals surface area contributed by atoms with Crippen molar-refractivity contribution in [2.75, 3.05) is 7.11 Å². The second-order valence-electron chi connectivity index (χ2n) is 6.35. The second-order valence-corrected chi connectivity index (χ2v) is 6.35. The molecule has 1 aromatic heterocycles. The zero-order chi connectivity index (χ0) is 19.5. The van der Waals surface area contributed by atoms with Gasteiger partial charge >= 0.3 is 5.97 Å². The smallest absolute Gasteiger partial charge is 0.341 e. The lowest BCUT2D eigenvalue weighted by Crippen LogP contribution is -2.03. The number of rotatable bonds is 4. The van der Waals surface area contributed by atoms with Crippen molar-refractivity contribution in [3.05, 3.63) is 84.1 Å². The normalized spacial score (nSPS) is 10.6. The monoisotopic (exact) mass is 370 g/mol. The summed E-state index contributed by atoms with van der Waals surface area (Å²) in [5.41, 5.74) is 3.39. The van der Waals surface area contributed by atoms with Crippen molar-refractivity contribution >= 4 is 16.7 Å². The standard InChI is InChI=1S/C23H18N2O3/c1-15-7-3-4-8-18(15)22-19-12-11-17(13-16(19)14-24-25-22)28-21-10-6-5-9-20(21)23(26)27-2/h3-14H,1-2H3. The van der Waals surface area contributed by atoms with Crippen molar-refractivity contribution in [1.82, 2.24) is 10.2 Å². The van der Waals surface area contributed by atoms with Crippen molar-refractivity contribution in [2.24, 2.45) is 0 Å². The molecule has 0 fully saturated rings. The number of nitrogens with zero attached hydrogens (tertiary/aromatic N) is 2. The predicted molar refractivity (Wildman–Crippen MR) is 108 cm³/mol. The molecule has 0 amide bonds. The molecule has 138 valence electrons. The Labute approximate surface area is 162 Å². The van der Waals surface area contributed by atoms with Crippen LogP contribution in [0.2, 0.25) is 0 Å². The van der Waals surface area contributed by atoms with Crippen molar-refractivity contribution in [3.63, 3.8) is 0 Å². The van der Waals surface area contributed by atoms with Crippen molar-refractivity contribution in [1.29, 1.82) is 0 Å². The van der Waals surface area contributed by atoms with Gasteiger partial charge in [-0.05, 0) is 42.8 Å². The summed E-state index contributed by atoms with van der Waals surface area (Å²) < 4.78 is 10.8. The number of fused-ring (bicyclic) bond motifs is 1. The molecular weight excluding hydrogens is 352 g/mol. The lowest BCUT2D eigenvalue weighted by molar-refractivity contribution is 0.0598. The first-order valence-electron chi connectivity index (χ1n) is 8.84. The van der Waals surface area contributed by atoms with Crippen LogP contribution in [0.25, 0.3) is 22.0 Å². The SMILES string of the molecule is COC(=O)c1ccccc1Oc1ccc2c(-c3ccccc3C)nncc2c1. The third kappa shape index (κ3) is 3.30. The fourth-order valence-electron chi connectivity index (χ4n) is 3.13. The van der Waals surface area contributed by atoms with Gasteiger partial charge in [-0.1, -0.05) is 36.4 Å². The molecule has 3 aromatic carbocycles. The largest absolute Gasteiger partial charge is 0.465 e. The van der Waals surface area contributed by atoms with E-state index < -0.39 is 5.97 Å². The number of hydrogen-bond acceptors (Lipinski definition) is 5. The molecule has 0 saturated carbocycles. The van der Waals surface area contributed by atoms with Gasteiger partial charge in [-0.25, -0.2) is 4.79 Å². The molecule has 0 radical (unpaired) electrons. The highest BCUT2D eigenvalue weighted by Gasteiger charge is 2.14. The molecule has 4 rings (SSSR count). The van der Waals surface area contributed by atoms with Gasteiger partial charge in [0, 0.05) is 16.3 Å². The molecule has 1 heterocycles. The van der Waals surface area contributed by atoms with Gasteiger partial charge in [0.05, 0.1) is 13.3 Å². The van der Waals surface area contributed by atoms with Crippen molar-refractivity contribution in [2.45, 2.75) is 6.92 Å². The molecule has 28 heavy (non-hydrogen) atoms.